The Morgan fingerprint density at radius 3 is 2.41 bits per heavy atom. The predicted molar refractivity (Wildman–Crippen MR) is 118 cm³/mol. The van der Waals surface area contributed by atoms with Gasteiger partial charge in [-0.2, -0.15) is 0 Å². The van der Waals surface area contributed by atoms with E-state index in [1.165, 1.54) is 6.07 Å². The summed E-state index contributed by atoms with van der Waals surface area (Å²) in [4.78, 5) is 41.1. The van der Waals surface area contributed by atoms with Crippen LogP contribution in [0.3, 0.4) is 0 Å². The molecule has 4 atom stereocenters. The van der Waals surface area contributed by atoms with Crippen LogP contribution in [0.1, 0.15) is 24.9 Å². The first-order valence-electron chi connectivity index (χ1n) is 10.5. The zero-order valence-electron chi connectivity index (χ0n) is 17.4. The van der Waals surface area contributed by atoms with Crippen molar-refractivity contribution in [1.82, 2.24) is 5.32 Å². The van der Waals surface area contributed by atoms with Crippen LogP contribution in [-0.4, -0.2) is 33.5 Å². The minimum absolute atomic E-state index is 0.0510. The fraction of sp³-hybridized carbons (Fsp3) is 0.240. The van der Waals surface area contributed by atoms with Crippen molar-refractivity contribution in [2.45, 2.75) is 24.9 Å². The summed E-state index contributed by atoms with van der Waals surface area (Å²) in [5.74, 6) is -4.29. The molecule has 2 fully saturated rings. The van der Waals surface area contributed by atoms with Crippen molar-refractivity contribution in [3.05, 3.63) is 72.3 Å². The molecule has 0 saturated carbocycles. The van der Waals surface area contributed by atoms with Crippen LogP contribution < -0.4 is 10.2 Å². The van der Waals surface area contributed by atoms with E-state index in [0.29, 0.717) is 11.3 Å². The van der Waals surface area contributed by atoms with E-state index in [-0.39, 0.29) is 12.2 Å². The van der Waals surface area contributed by atoms with E-state index in [9.17, 15) is 24.6 Å². The number of hydrogen-bond acceptors (Lipinski definition) is 5. The molecule has 2 amide bonds. The van der Waals surface area contributed by atoms with E-state index in [1.807, 2.05) is 30.3 Å². The third-order valence-electron chi connectivity index (χ3n) is 6.87. The lowest BCUT2D eigenvalue weighted by Crippen LogP contribution is -2.55. The zero-order valence-corrected chi connectivity index (χ0v) is 17.4. The summed E-state index contributed by atoms with van der Waals surface area (Å²) in [5, 5.41) is 25.3. The highest BCUT2D eigenvalue weighted by atomic mass is 16.4. The molecule has 32 heavy (non-hydrogen) atoms. The molecule has 7 heteroatoms. The Balaban J connectivity index is 1.70. The second-order valence-electron chi connectivity index (χ2n) is 8.32. The van der Waals surface area contributed by atoms with E-state index >= 15 is 0 Å². The van der Waals surface area contributed by atoms with Crippen molar-refractivity contribution in [3.8, 4) is 5.75 Å². The number of nitrogens with one attached hydrogen (secondary N) is 1. The Labute approximate surface area is 184 Å². The number of amides is 2. The molecule has 0 spiro atoms. The number of carboxylic acids is 1. The first-order valence-corrected chi connectivity index (χ1v) is 10.5. The number of para-hydroxylation sites is 1. The molecule has 162 valence electrons. The van der Waals surface area contributed by atoms with Gasteiger partial charge in [0.1, 0.15) is 11.3 Å². The second-order valence-corrected chi connectivity index (χ2v) is 8.32. The number of carboxylic acid groups (broad SMARTS) is 1. The third kappa shape index (κ3) is 2.61. The summed E-state index contributed by atoms with van der Waals surface area (Å²) < 4.78 is 0. The summed E-state index contributed by atoms with van der Waals surface area (Å²) in [6.45, 7) is 1.68. The fourth-order valence-electron chi connectivity index (χ4n) is 5.33. The monoisotopic (exact) mass is 430 g/mol. The van der Waals surface area contributed by atoms with Crippen LogP contribution in [0.5, 0.6) is 5.75 Å². The Kier molecular flexibility index (Phi) is 4.53. The normalized spacial score (nSPS) is 27.2. The number of aliphatic carboxylic acids is 1. The van der Waals surface area contributed by atoms with E-state index < -0.39 is 41.2 Å². The minimum atomic E-state index is -1.62. The summed E-state index contributed by atoms with van der Waals surface area (Å²) >= 11 is 0. The standard InChI is InChI=1S/C25H22N2O5/c1-2-25(24(31)32)20-19(21(26-25)16-11-5-6-13-18(16)28)22(29)27(23(20)30)17-12-7-9-14-8-3-4-10-15(14)17/h3-13,19-21,26,28H,2H2,1H3,(H,31,32)/t19-,20-,21-,25-/m0/s1. The van der Waals surface area contributed by atoms with Gasteiger partial charge in [-0.3, -0.25) is 19.7 Å². The molecule has 2 heterocycles. The molecule has 5 rings (SSSR count). The number of phenols is 1. The molecular weight excluding hydrogens is 408 g/mol. The van der Waals surface area contributed by atoms with Crippen LogP contribution in [0, 0.1) is 11.8 Å². The number of anilines is 1. The molecule has 3 aromatic rings. The molecule has 2 saturated heterocycles. The van der Waals surface area contributed by atoms with E-state index in [4.69, 9.17) is 0 Å². The van der Waals surface area contributed by atoms with Gasteiger partial charge in [0, 0.05) is 17.0 Å². The van der Waals surface area contributed by atoms with Crippen LogP contribution in [0.15, 0.2) is 66.7 Å². The van der Waals surface area contributed by atoms with Crippen molar-refractivity contribution in [1.29, 1.82) is 0 Å². The van der Waals surface area contributed by atoms with Crippen LogP contribution in [0.2, 0.25) is 0 Å². The summed E-state index contributed by atoms with van der Waals surface area (Å²) in [6.07, 6.45) is 0.107. The molecule has 2 aliphatic heterocycles. The molecule has 2 aliphatic rings. The van der Waals surface area contributed by atoms with E-state index in [2.05, 4.69) is 5.32 Å². The van der Waals surface area contributed by atoms with Gasteiger partial charge in [-0.1, -0.05) is 61.5 Å². The summed E-state index contributed by atoms with van der Waals surface area (Å²) in [7, 11) is 0. The minimum Gasteiger partial charge on any atom is -0.508 e. The number of carbonyl (C=O) groups excluding carboxylic acids is 2. The highest BCUT2D eigenvalue weighted by Crippen LogP contribution is 2.52. The first-order chi connectivity index (χ1) is 15.4. The van der Waals surface area contributed by atoms with Gasteiger partial charge in [-0.25, -0.2) is 4.90 Å². The lowest BCUT2D eigenvalue weighted by Gasteiger charge is -2.30. The highest BCUT2D eigenvalue weighted by Gasteiger charge is 2.68. The van der Waals surface area contributed by atoms with Gasteiger partial charge < -0.3 is 10.2 Å². The topological polar surface area (TPSA) is 107 Å². The molecule has 0 radical (unpaired) electrons. The van der Waals surface area contributed by atoms with Gasteiger partial charge in [0.25, 0.3) is 0 Å². The number of aromatic hydroxyl groups is 1. The Bertz CT molecular complexity index is 1270. The lowest BCUT2D eigenvalue weighted by molar-refractivity contribution is -0.149. The SMILES string of the molecule is CC[C@]1(C(=O)O)N[C@@H](c2ccccc2O)[C@H]2C(=O)N(c3cccc4ccccc34)C(=O)[C@H]21. The van der Waals surface area contributed by atoms with Crippen molar-refractivity contribution in [3.63, 3.8) is 0 Å². The largest absolute Gasteiger partial charge is 0.508 e. The molecule has 0 bridgehead atoms. The molecule has 0 aliphatic carbocycles. The van der Waals surface area contributed by atoms with Crippen LogP contribution in [0.4, 0.5) is 5.69 Å². The van der Waals surface area contributed by atoms with Crippen molar-refractivity contribution < 1.29 is 24.6 Å². The van der Waals surface area contributed by atoms with Gasteiger partial charge >= 0.3 is 5.97 Å². The molecule has 0 aromatic heterocycles. The number of hydrogen-bond donors (Lipinski definition) is 3. The summed E-state index contributed by atoms with van der Waals surface area (Å²) in [5.41, 5.74) is -0.775. The maximum atomic E-state index is 13.8. The molecule has 3 N–H and O–H groups in total. The van der Waals surface area contributed by atoms with Gasteiger partial charge in [0.15, 0.2) is 0 Å². The fourth-order valence-corrected chi connectivity index (χ4v) is 5.33. The first kappa shape index (κ1) is 20.2. The van der Waals surface area contributed by atoms with Crippen LogP contribution in [0.25, 0.3) is 10.8 Å². The average Bonchev–Trinajstić information content (AvgIpc) is 3.28. The van der Waals surface area contributed by atoms with Gasteiger partial charge in [0.2, 0.25) is 11.8 Å². The maximum Gasteiger partial charge on any atom is 0.324 e. The number of nitrogens with zero attached hydrogens (tertiary/aromatic N) is 1. The summed E-state index contributed by atoms with van der Waals surface area (Å²) in [6, 6.07) is 18.5. The highest BCUT2D eigenvalue weighted by molar-refractivity contribution is 6.26. The quantitative estimate of drug-likeness (QED) is 0.549. The van der Waals surface area contributed by atoms with Gasteiger partial charge in [-0.05, 0) is 23.9 Å². The van der Waals surface area contributed by atoms with E-state index in [0.717, 1.165) is 15.7 Å². The Hall–Kier alpha value is -3.71. The molecule has 3 aromatic carbocycles. The van der Waals surface area contributed by atoms with Crippen molar-refractivity contribution in [2.75, 3.05) is 4.90 Å². The Morgan fingerprint density at radius 2 is 1.69 bits per heavy atom. The number of imide groups is 1. The van der Waals surface area contributed by atoms with Crippen LogP contribution in [-0.2, 0) is 14.4 Å². The number of rotatable bonds is 4. The smallest absolute Gasteiger partial charge is 0.324 e. The number of phenolic OH excluding ortho intramolecular Hbond substituents is 1. The molecule has 0 unspecified atom stereocenters. The molecule has 7 nitrogen and oxygen atoms in total. The van der Waals surface area contributed by atoms with Gasteiger partial charge in [-0.15, -0.1) is 0 Å². The second kappa shape index (κ2) is 7.17. The maximum absolute atomic E-state index is 13.8. The Morgan fingerprint density at radius 1 is 1.00 bits per heavy atom. The van der Waals surface area contributed by atoms with Crippen LogP contribution >= 0.6 is 0 Å². The predicted octanol–water partition coefficient (Wildman–Crippen LogP) is 3.23. The van der Waals surface area contributed by atoms with Gasteiger partial charge in [0.05, 0.1) is 17.5 Å². The number of benzene rings is 3. The van der Waals surface area contributed by atoms with Crippen molar-refractivity contribution >= 4 is 34.2 Å². The molecular formula is C25H22N2O5. The third-order valence-corrected chi connectivity index (χ3v) is 6.87. The number of carbonyl (C=O) groups is 3. The van der Waals surface area contributed by atoms with Crippen molar-refractivity contribution in [2.24, 2.45) is 11.8 Å². The lowest BCUT2D eigenvalue weighted by atomic mass is 9.78. The zero-order chi connectivity index (χ0) is 22.6. The average molecular weight is 430 g/mol. The van der Waals surface area contributed by atoms with E-state index in [1.54, 1.807) is 37.3 Å². The number of fused-ring (bicyclic) bond motifs is 2.